The summed E-state index contributed by atoms with van der Waals surface area (Å²) < 4.78 is 48.5. The lowest BCUT2D eigenvalue weighted by atomic mass is 9.80. The van der Waals surface area contributed by atoms with E-state index >= 15 is 0 Å². The Labute approximate surface area is 213 Å². The Hall–Kier alpha value is -3.52. The minimum atomic E-state index is -4.48. The largest absolute Gasteiger partial charge is 0.489 e. The van der Waals surface area contributed by atoms with Gasteiger partial charge in [-0.1, -0.05) is 17.7 Å². The van der Waals surface area contributed by atoms with Gasteiger partial charge in [0.1, 0.15) is 12.4 Å². The average Bonchev–Trinajstić information content (AvgIpc) is 3.37. The van der Waals surface area contributed by atoms with Crippen molar-refractivity contribution in [2.24, 2.45) is 5.41 Å². The van der Waals surface area contributed by atoms with Gasteiger partial charge in [0.05, 0.1) is 16.7 Å². The second-order valence-corrected chi connectivity index (χ2v) is 10.3. The Bertz CT molecular complexity index is 1350. The molecule has 0 saturated carbocycles. The Balaban J connectivity index is 1.27. The zero-order valence-corrected chi connectivity index (χ0v) is 20.8. The molecule has 0 unspecified atom stereocenters. The highest BCUT2D eigenvalue weighted by Gasteiger charge is 2.45. The maximum absolute atomic E-state index is 13.7. The van der Waals surface area contributed by atoms with E-state index in [9.17, 15) is 23.1 Å². The number of aliphatic carboxylic acids is 1. The third-order valence-corrected chi connectivity index (χ3v) is 7.44. The summed E-state index contributed by atoms with van der Waals surface area (Å²) in [5.41, 5.74) is 3.98. The van der Waals surface area contributed by atoms with E-state index in [1.165, 1.54) is 21.8 Å². The molecule has 0 amide bonds. The molecule has 0 radical (unpaired) electrons. The molecule has 0 atom stereocenters. The molecule has 1 saturated heterocycles. The van der Waals surface area contributed by atoms with E-state index in [4.69, 9.17) is 4.74 Å². The first-order valence-electron chi connectivity index (χ1n) is 12.3. The molecule has 1 N–H and O–H groups in total. The van der Waals surface area contributed by atoms with E-state index in [0.29, 0.717) is 24.4 Å². The molecule has 8 heteroatoms. The van der Waals surface area contributed by atoms with Crippen LogP contribution < -0.4 is 4.74 Å². The van der Waals surface area contributed by atoms with Crippen molar-refractivity contribution in [1.29, 1.82) is 0 Å². The Morgan fingerprint density at radius 1 is 1.08 bits per heavy atom. The van der Waals surface area contributed by atoms with Gasteiger partial charge < -0.3 is 14.4 Å². The standard InChI is InChI=1S/C29H29F3N2O3/c1-19-22(15-33-17-28(2,18-33)27(35)36)7-6-21-14-23(8-9-24(19)21)37-16-20-5-10-26(34-11-3-4-12-34)25(13-20)29(30,31)32/h3-5,8-14H,6-7,15-18H2,1-2H3,(H,35,36). The van der Waals surface area contributed by atoms with Crippen molar-refractivity contribution in [3.63, 3.8) is 0 Å². The Morgan fingerprint density at radius 2 is 1.81 bits per heavy atom. The van der Waals surface area contributed by atoms with E-state index in [0.717, 1.165) is 36.6 Å². The van der Waals surface area contributed by atoms with Crippen LogP contribution in [0.4, 0.5) is 13.2 Å². The molecule has 2 aliphatic rings. The zero-order chi connectivity index (χ0) is 26.4. The molecule has 37 heavy (non-hydrogen) atoms. The highest BCUT2D eigenvalue weighted by atomic mass is 19.4. The van der Waals surface area contributed by atoms with Crippen LogP contribution >= 0.6 is 0 Å². The lowest BCUT2D eigenvalue weighted by molar-refractivity contribution is -0.158. The van der Waals surface area contributed by atoms with Crippen LogP contribution in [0, 0.1) is 5.41 Å². The number of carbonyl (C=O) groups is 1. The number of nitrogens with zero attached hydrogens (tertiary/aromatic N) is 2. The molecule has 2 aromatic carbocycles. The molecule has 3 aromatic rings. The second-order valence-electron chi connectivity index (χ2n) is 10.3. The van der Waals surface area contributed by atoms with Crippen LogP contribution in [0.5, 0.6) is 5.75 Å². The van der Waals surface area contributed by atoms with Crippen LogP contribution in [-0.2, 0) is 24.0 Å². The Morgan fingerprint density at radius 3 is 2.49 bits per heavy atom. The molecule has 1 aromatic heterocycles. The van der Waals surface area contributed by atoms with Gasteiger partial charge in [-0.25, -0.2) is 0 Å². The van der Waals surface area contributed by atoms with E-state index in [1.54, 1.807) is 37.5 Å². The number of likely N-dealkylation sites (tertiary alicyclic amines) is 1. The number of alkyl halides is 3. The van der Waals surface area contributed by atoms with Gasteiger partial charge in [-0.3, -0.25) is 9.69 Å². The molecule has 194 valence electrons. The molecular formula is C29H29F3N2O3. The number of aromatic nitrogens is 1. The molecule has 1 aliphatic heterocycles. The monoisotopic (exact) mass is 510 g/mol. The summed E-state index contributed by atoms with van der Waals surface area (Å²) in [5.74, 6) is -0.125. The molecule has 1 fully saturated rings. The lowest BCUT2D eigenvalue weighted by Crippen LogP contribution is -2.59. The number of hydrogen-bond donors (Lipinski definition) is 1. The molecule has 0 spiro atoms. The second kappa shape index (κ2) is 9.41. The fourth-order valence-corrected chi connectivity index (χ4v) is 5.34. The van der Waals surface area contributed by atoms with Gasteiger partial charge in [0, 0.05) is 32.0 Å². The molecule has 5 nitrogen and oxygen atoms in total. The van der Waals surface area contributed by atoms with Crippen molar-refractivity contribution in [2.45, 2.75) is 39.5 Å². The number of allylic oxidation sites excluding steroid dienone is 1. The van der Waals surface area contributed by atoms with Crippen LogP contribution in [0.25, 0.3) is 11.3 Å². The van der Waals surface area contributed by atoms with Crippen molar-refractivity contribution in [3.05, 3.63) is 88.8 Å². The fraction of sp³-hybridized carbons (Fsp3) is 0.345. The normalized spacial score (nSPS) is 17.3. The predicted molar refractivity (Wildman–Crippen MR) is 135 cm³/mol. The third-order valence-electron chi connectivity index (χ3n) is 7.44. The minimum Gasteiger partial charge on any atom is -0.489 e. The lowest BCUT2D eigenvalue weighted by Gasteiger charge is -2.45. The van der Waals surface area contributed by atoms with Gasteiger partial charge in [-0.05, 0) is 85.4 Å². The van der Waals surface area contributed by atoms with E-state index in [2.05, 4.69) is 11.8 Å². The van der Waals surface area contributed by atoms with Gasteiger partial charge in [0.15, 0.2) is 0 Å². The topological polar surface area (TPSA) is 54.7 Å². The van der Waals surface area contributed by atoms with Gasteiger partial charge >= 0.3 is 12.1 Å². The van der Waals surface area contributed by atoms with E-state index in [-0.39, 0.29) is 12.3 Å². The first-order valence-corrected chi connectivity index (χ1v) is 12.3. The van der Waals surface area contributed by atoms with Crippen LogP contribution in [0.3, 0.4) is 0 Å². The quantitative estimate of drug-likeness (QED) is 0.411. The van der Waals surface area contributed by atoms with Crippen LogP contribution in [0.15, 0.2) is 66.5 Å². The van der Waals surface area contributed by atoms with Crippen molar-refractivity contribution in [3.8, 4) is 11.4 Å². The number of benzene rings is 2. The fourth-order valence-electron chi connectivity index (χ4n) is 5.34. The predicted octanol–water partition coefficient (Wildman–Crippen LogP) is 6.20. The summed E-state index contributed by atoms with van der Waals surface area (Å²) in [6, 6.07) is 13.5. The number of halogens is 3. The van der Waals surface area contributed by atoms with Gasteiger partial charge in [0.25, 0.3) is 0 Å². The van der Waals surface area contributed by atoms with Crippen LogP contribution in [0.2, 0.25) is 0 Å². The summed E-state index contributed by atoms with van der Waals surface area (Å²) in [5, 5.41) is 9.34. The molecule has 0 bridgehead atoms. The number of fused-ring (bicyclic) bond motifs is 1. The number of aryl methyl sites for hydroxylation is 1. The SMILES string of the molecule is CC1=C(CN2CC(C)(C(=O)O)C2)CCc2cc(OCc3ccc(-n4cccc4)c(C(F)(F)F)c3)ccc21. The highest BCUT2D eigenvalue weighted by molar-refractivity contribution is 5.76. The number of ether oxygens (including phenoxy) is 1. The summed E-state index contributed by atoms with van der Waals surface area (Å²) in [4.78, 5) is 13.5. The van der Waals surface area contributed by atoms with Crippen LogP contribution in [0.1, 0.15) is 42.5 Å². The average molecular weight is 511 g/mol. The van der Waals surface area contributed by atoms with Gasteiger partial charge in [-0.15, -0.1) is 0 Å². The first kappa shape index (κ1) is 25.1. The van der Waals surface area contributed by atoms with Crippen molar-refractivity contribution >= 4 is 11.5 Å². The van der Waals surface area contributed by atoms with Crippen LogP contribution in [-0.4, -0.2) is 40.2 Å². The third kappa shape index (κ3) is 5.03. The van der Waals surface area contributed by atoms with E-state index < -0.39 is 23.1 Å². The van der Waals surface area contributed by atoms with Gasteiger partial charge in [0.2, 0.25) is 0 Å². The number of rotatable bonds is 7. The number of hydrogen-bond acceptors (Lipinski definition) is 3. The maximum atomic E-state index is 13.7. The van der Waals surface area contributed by atoms with Gasteiger partial charge in [-0.2, -0.15) is 13.2 Å². The summed E-state index contributed by atoms with van der Waals surface area (Å²) >= 11 is 0. The number of carboxylic acid groups (broad SMARTS) is 1. The summed E-state index contributed by atoms with van der Waals surface area (Å²) in [6.07, 6.45) is 0.426. The highest BCUT2D eigenvalue weighted by Crippen LogP contribution is 2.38. The molecular weight excluding hydrogens is 481 g/mol. The van der Waals surface area contributed by atoms with E-state index in [1.807, 2.05) is 18.2 Å². The maximum Gasteiger partial charge on any atom is 0.418 e. The smallest absolute Gasteiger partial charge is 0.418 e. The van der Waals surface area contributed by atoms with Crippen molar-refractivity contribution < 1.29 is 27.8 Å². The molecule has 5 rings (SSSR count). The van der Waals surface area contributed by atoms with Crippen molar-refractivity contribution in [2.75, 3.05) is 19.6 Å². The molecule has 2 heterocycles. The minimum absolute atomic E-state index is 0.0329. The summed E-state index contributed by atoms with van der Waals surface area (Å²) in [6.45, 7) is 5.79. The summed E-state index contributed by atoms with van der Waals surface area (Å²) in [7, 11) is 0. The zero-order valence-electron chi connectivity index (χ0n) is 20.8. The first-order chi connectivity index (χ1) is 17.5. The Kier molecular flexibility index (Phi) is 6.40. The van der Waals surface area contributed by atoms with Crippen molar-refractivity contribution in [1.82, 2.24) is 9.47 Å². The number of carboxylic acids is 1. The molecule has 1 aliphatic carbocycles.